The highest BCUT2D eigenvalue weighted by Crippen LogP contribution is 2.49. The molecule has 1 saturated heterocycles. The van der Waals surface area contributed by atoms with Crippen LogP contribution in [-0.2, 0) is 11.2 Å². The van der Waals surface area contributed by atoms with Gasteiger partial charge >= 0.3 is 0 Å². The summed E-state index contributed by atoms with van der Waals surface area (Å²) >= 11 is 0. The third-order valence-corrected chi connectivity index (χ3v) is 6.61. The normalized spacial score (nSPS) is 30.0. The van der Waals surface area contributed by atoms with Gasteiger partial charge < -0.3 is 4.90 Å². The Kier molecular flexibility index (Phi) is 4.88. The average molecular weight is 326 g/mol. The van der Waals surface area contributed by atoms with Gasteiger partial charge in [0.05, 0.1) is 0 Å². The molecule has 0 N–H and O–H groups in total. The highest BCUT2D eigenvalue weighted by Gasteiger charge is 2.40. The highest BCUT2D eigenvalue weighted by atomic mass is 16.2. The fourth-order valence-electron chi connectivity index (χ4n) is 5.13. The lowest BCUT2D eigenvalue weighted by molar-refractivity contribution is -0.134. The second kappa shape index (κ2) is 7.26. The van der Waals surface area contributed by atoms with Gasteiger partial charge in [-0.15, -0.1) is 0 Å². The summed E-state index contributed by atoms with van der Waals surface area (Å²) in [6.07, 6.45) is 7.48. The SMILES string of the molecule is O=C(CC1CC2CCC1C2)N1CCN(CCc2ccccc2)CC1. The summed E-state index contributed by atoms with van der Waals surface area (Å²) in [6, 6.07) is 10.7. The Labute approximate surface area is 146 Å². The van der Waals surface area contributed by atoms with Crippen LogP contribution in [0.1, 0.15) is 37.7 Å². The minimum Gasteiger partial charge on any atom is -0.340 e. The summed E-state index contributed by atoms with van der Waals surface area (Å²) in [7, 11) is 0. The maximum Gasteiger partial charge on any atom is 0.222 e. The monoisotopic (exact) mass is 326 g/mol. The maximum absolute atomic E-state index is 12.6. The van der Waals surface area contributed by atoms with Crippen LogP contribution in [0.2, 0.25) is 0 Å². The van der Waals surface area contributed by atoms with E-state index in [-0.39, 0.29) is 0 Å². The van der Waals surface area contributed by atoms with Crippen molar-refractivity contribution in [1.82, 2.24) is 9.80 Å². The molecule has 3 heteroatoms. The molecule has 0 radical (unpaired) electrons. The van der Waals surface area contributed by atoms with Crippen molar-refractivity contribution >= 4 is 5.91 Å². The van der Waals surface area contributed by atoms with E-state index in [1.807, 2.05) is 0 Å². The van der Waals surface area contributed by atoms with Crippen LogP contribution in [-0.4, -0.2) is 48.4 Å². The van der Waals surface area contributed by atoms with Crippen molar-refractivity contribution in [3.05, 3.63) is 35.9 Å². The molecule has 0 aromatic heterocycles. The van der Waals surface area contributed by atoms with Crippen molar-refractivity contribution in [3.8, 4) is 0 Å². The molecule has 2 bridgehead atoms. The Morgan fingerprint density at radius 3 is 2.46 bits per heavy atom. The minimum atomic E-state index is 0.426. The lowest BCUT2D eigenvalue weighted by Crippen LogP contribution is -2.49. The van der Waals surface area contributed by atoms with Crippen LogP contribution >= 0.6 is 0 Å². The van der Waals surface area contributed by atoms with E-state index in [1.54, 1.807) is 0 Å². The van der Waals surface area contributed by atoms with Crippen LogP contribution in [0.15, 0.2) is 30.3 Å². The summed E-state index contributed by atoms with van der Waals surface area (Å²) in [6.45, 7) is 5.03. The third-order valence-electron chi connectivity index (χ3n) is 6.61. The van der Waals surface area contributed by atoms with Gasteiger partial charge in [-0.2, -0.15) is 0 Å². The molecule has 1 aromatic rings. The standard InChI is InChI=1S/C21H30N2O/c24-21(16-20-15-18-6-7-19(20)14-18)23-12-10-22(11-13-23)9-8-17-4-2-1-3-5-17/h1-5,18-20H,6-16H2. The van der Waals surface area contributed by atoms with E-state index in [1.165, 1.54) is 31.2 Å². The number of amides is 1. The molecule has 3 fully saturated rings. The smallest absolute Gasteiger partial charge is 0.222 e. The largest absolute Gasteiger partial charge is 0.340 e. The molecule has 3 nitrogen and oxygen atoms in total. The first-order valence-electron chi connectivity index (χ1n) is 9.82. The van der Waals surface area contributed by atoms with Crippen molar-refractivity contribution in [2.45, 2.75) is 38.5 Å². The van der Waals surface area contributed by atoms with Gasteiger partial charge in [-0.05, 0) is 49.0 Å². The van der Waals surface area contributed by atoms with Gasteiger partial charge in [0.25, 0.3) is 0 Å². The van der Waals surface area contributed by atoms with Crippen LogP contribution in [0.25, 0.3) is 0 Å². The van der Waals surface area contributed by atoms with E-state index in [0.717, 1.165) is 57.4 Å². The first-order valence-corrected chi connectivity index (χ1v) is 9.82. The molecule has 3 atom stereocenters. The van der Waals surface area contributed by atoms with Crippen LogP contribution < -0.4 is 0 Å². The first kappa shape index (κ1) is 16.1. The van der Waals surface area contributed by atoms with Gasteiger partial charge in [0, 0.05) is 39.1 Å². The second-order valence-electron chi connectivity index (χ2n) is 8.10. The topological polar surface area (TPSA) is 23.6 Å². The fourth-order valence-corrected chi connectivity index (χ4v) is 5.13. The van der Waals surface area contributed by atoms with Crippen LogP contribution in [0.4, 0.5) is 0 Å². The van der Waals surface area contributed by atoms with Gasteiger partial charge in [0.15, 0.2) is 0 Å². The average Bonchev–Trinajstić information content (AvgIpc) is 3.24. The number of fused-ring (bicyclic) bond motifs is 2. The number of rotatable bonds is 5. The number of carbonyl (C=O) groups is 1. The lowest BCUT2D eigenvalue weighted by atomic mass is 9.86. The summed E-state index contributed by atoms with van der Waals surface area (Å²) in [5.41, 5.74) is 1.41. The zero-order valence-electron chi connectivity index (χ0n) is 14.7. The van der Waals surface area contributed by atoms with E-state index >= 15 is 0 Å². The summed E-state index contributed by atoms with van der Waals surface area (Å²) in [5.74, 6) is 2.94. The predicted octanol–water partition coefficient (Wildman–Crippen LogP) is 3.20. The van der Waals surface area contributed by atoms with Gasteiger partial charge in [0.2, 0.25) is 5.91 Å². The molecule has 1 amide bonds. The quantitative estimate of drug-likeness (QED) is 0.829. The zero-order valence-corrected chi connectivity index (χ0v) is 14.7. The minimum absolute atomic E-state index is 0.426. The van der Waals surface area contributed by atoms with E-state index in [0.29, 0.717) is 11.8 Å². The molecule has 1 aromatic carbocycles. The lowest BCUT2D eigenvalue weighted by Gasteiger charge is -2.35. The van der Waals surface area contributed by atoms with Gasteiger partial charge in [-0.3, -0.25) is 9.69 Å². The van der Waals surface area contributed by atoms with E-state index < -0.39 is 0 Å². The molecule has 1 heterocycles. The van der Waals surface area contributed by atoms with Crippen molar-refractivity contribution in [2.24, 2.45) is 17.8 Å². The molecule has 130 valence electrons. The maximum atomic E-state index is 12.6. The zero-order chi connectivity index (χ0) is 16.4. The summed E-state index contributed by atoms with van der Waals surface area (Å²) in [4.78, 5) is 17.3. The number of hydrogen-bond acceptors (Lipinski definition) is 2. The Balaban J connectivity index is 1.19. The number of hydrogen-bond donors (Lipinski definition) is 0. The van der Waals surface area contributed by atoms with Crippen molar-refractivity contribution in [3.63, 3.8) is 0 Å². The summed E-state index contributed by atoms with van der Waals surface area (Å²) in [5, 5.41) is 0. The third kappa shape index (κ3) is 3.66. The Morgan fingerprint density at radius 2 is 1.79 bits per heavy atom. The van der Waals surface area contributed by atoms with Gasteiger partial charge in [-0.25, -0.2) is 0 Å². The first-order chi connectivity index (χ1) is 11.8. The Morgan fingerprint density at radius 1 is 1.00 bits per heavy atom. The van der Waals surface area contributed by atoms with Crippen molar-refractivity contribution in [1.29, 1.82) is 0 Å². The molecule has 3 aliphatic rings. The molecule has 4 rings (SSSR count). The number of piperazine rings is 1. The molecule has 3 unspecified atom stereocenters. The van der Waals surface area contributed by atoms with Gasteiger partial charge in [-0.1, -0.05) is 36.8 Å². The highest BCUT2D eigenvalue weighted by molar-refractivity contribution is 5.76. The molecule has 2 saturated carbocycles. The second-order valence-corrected chi connectivity index (χ2v) is 8.10. The van der Waals surface area contributed by atoms with E-state index in [9.17, 15) is 4.79 Å². The molecule has 24 heavy (non-hydrogen) atoms. The Hall–Kier alpha value is -1.35. The van der Waals surface area contributed by atoms with E-state index in [4.69, 9.17) is 0 Å². The predicted molar refractivity (Wildman–Crippen MR) is 96.7 cm³/mol. The van der Waals surface area contributed by atoms with E-state index in [2.05, 4.69) is 40.1 Å². The van der Waals surface area contributed by atoms with Crippen molar-refractivity contribution in [2.75, 3.05) is 32.7 Å². The molecular weight excluding hydrogens is 296 g/mol. The van der Waals surface area contributed by atoms with Crippen molar-refractivity contribution < 1.29 is 4.79 Å². The van der Waals surface area contributed by atoms with Gasteiger partial charge in [0.1, 0.15) is 0 Å². The molecule has 1 aliphatic heterocycles. The molecular formula is C21H30N2O. The van der Waals surface area contributed by atoms with Crippen LogP contribution in [0, 0.1) is 17.8 Å². The number of carbonyl (C=O) groups excluding carboxylic acids is 1. The van der Waals surface area contributed by atoms with Crippen LogP contribution in [0.3, 0.4) is 0 Å². The Bertz CT molecular complexity index is 550. The molecule has 0 spiro atoms. The number of nitrogens with zero attached hydrogens (tertiary/aromatic N) is 2. The number of benzene rings is 1. The van der Waals surface area contributed by atoms with Crippen LogP contribution in [0.5, 0.6) is 0 Å². The fraction of sp³-hybridized carbons (Fsp3) is 0.667. The summed E-state index contributed by atoms with van der Waals surface area (Å²) < 4.78 is 0. The molecule has 2 aliphatic carbocycles.